The Hall–Kier alpha value is -1.10. The molecule has 0 radical (unpaired) electrons. The lowest BCUT2D eigenvalue weighted by atomic mass is 9.95. The molecule has 4 rings (SSSR count). The van der Waals surface area contributed by atoms with Gasteiger partial charge in [-0.05, 0) is 72.6 Å². The van der Waals surface area contributed by atoms with Crippen molar-refractivity contribution in [2.75, 3.05) is 25.9 Å². The Morgan fingerprint density at radius 3 is 2.63 bits per heavy atom. The van der Waals surface area contributed by atoms with E-state index in [0.717, 1.165) is 37.4 Å². The second-order valence-electron chi connectivity index (χ2n) is 8.24. The van der Waals surface area contributed by atoms with Crippen LogP contribution in [0.5, 0.6) is 0 Å². The number of fused-ring (bicyclic) bond motifs is 1. The number of sulfone groups is 1. The molecule has 10 heteroatoms. The minimum atomic E-state index is -2.98. The van der Waals surface area contributed by atoms with E-state index < -0.39 is 21.5 Å². The van der Waals surface area contributed by atoms with Gasteiger partial charge in [0.05, 0.1) is 9.72 Å². The van der Waals surface area contributed by atoms with E-state index in [1.54, 1.807) is 0 Å². The van der Waals surface area contributed by atoms with Crippen molar-refractivity contribution in [2.24, 2.45) is 0 Å². The van der Waals surface area contributed by atoms with Gasteiger partial charge in [0, 0.05) is 48.6 Å². The predicted molar refractivity (Wildman–Crippen MR) is 118 cm³/mol. The van der Waals surface area contributed by atoms with Crippen LogP contribution in [0.1, 0.15) is 35.7 Å². The number of imidazole rings is 1. The number of likely N-dealkylation sites (tertiary alicyclic amines) is 1. The van der Waals surface area contributed by atoms with Gasteiger partial charge in [-0.2, -0.15) is 0 Å². The second-order valence-corrected chi connectivity index (χ2v) is 11.8. The van der Waals surface area contributed by atoms with Crippen molar-refractivity contribution in [3.63, 3.8) is 0 Å². The van der Waals surface area contributed by atoms with Crippen LogP contribution in [0.15, 0.2) is 16.6 Å². The number of aromatic nitrogens is 2. The van der Waals surface area contributed by atoms with Gasteiger partial charge < -0.3 is 14.5 Å². The molecule has 30 heavy (non-hydrogen) atoms. The molecule has 1 saturated heterocycles. The standard InChI is InChI=1S/C20H24BrF2N3O2S2/c1-30(27,28)13-4-7-25(8-5-13)9-6-16-17-10-12(11-26(17)20(29)24-16)18-15(22)3-2-14(21)19(18)23/h2-3,12-13H,4-11H2,1H3,(H,24,29). The highest BCUT2D eigenvalue weighted by atomic mass is 79.9. The average molecular weight is 520 g/mol. The average Bonchev–Trinajstić information content (AvgIpc) is 3.24. The summed E-state index contributed by atoms with van der Waals surface area (Å²) in [4.78, 5) is 5.53. The quantitative estimate of drug-likeness (QED) is 0.479. The van der Waals surface area contributed by atoms with Crippen molar-refractivity contribution < 1.29 is 17.2 Å². The minimum Gasteiger partial charge on any atom is -0.334 e. The highest BCUT2D eigenvalue weighted by Crippen LogP contribution is 2.36. The summed E-state index contributed by atoms with van der Waals surface area (Å²) in [5.41, 5.74) is 2.12. The van der Waals surface area contributed by atoms with E-state index in [1.807, 2.05) is 4.57 Å². The van der Waals surface area contributed by atoms with Gasteiger partial charge in [0.25, 0.3) is 0 Å². The fourth-order valence-electron chi connectivity index (χ4n) is 4.65. The molecule has 0 saturated carbocycles. The monoisotopic (exact) mass is 519 g/mol. The van der Waals surface area contributed by atoms with Crippen LogP contribution in [0.25, 0.3) is 0 Å². The minimum absolute atomic E-state index is 0.108. The smallest absolute Gasteiger partial charge is 0.177 e. The summed E-state index contributed by atoms with van der Waals surface area (Å²) in [6.45, 7) is 2.76. The zero-order valence-electron chi connectivity index (χ0n) is 16.6. The van der Waals surface area contributed by atoms with Crippen molar-refractivity contribution in [1.82, 2.24) is 14.5 Å². The Balaban J connectivity index is 1.45. The molecule has 2 aliphatic rings. The number of piperidine rings is 1. The molecule has 1 N–H and O–H groups in total. The molecular weight excluding hydrogens is 496 g/mol. The van der Waals surface area contributed by atoms with Crippen LogP contribution in [0.2, 0.25) is 0 Å². The summed E-state index contributed by atoms with van der Waals surface area (Å²) in [6, 6.07) is 2.67. The number of rotatable bonds is 5. The van der Waals surface area contributed by atoms with Crippen LogP contribution >= 0.6 is 28.1 Å². The third kappa shape index (κ3) is 4.28. The number of aromatic amines is 1. The van der Waals surface area contributed by atoms with Crippen LogP contribution in [0, 0.1) is 16.4 Å². The van der Waals surface area contributed by atoms with Crippen molar-refractivity contribution >= 4 is 38.0 Å². The van der Waals surface area contributed by atoms with Crippen molar-refractivity contribution in [3.05, 3.63) is 50.0 Å². The Labute approximate surface area is 188 Å². The number of halogens is 3. The van der Waals surface area contributed by atoms with Crippen molar-refractivity contribution in [3.8, 4) is 0 Å². The van der Waals surface area contributed by atoms with Crippen LogP contribution < -0.4 is 0 Å². The van der Waals surface area contributed by atoms with Gasteiger partial charge in [-0.1, -0.05) is 0 Å². The summed E-state index contributed by atoms with van der Waals surface area (Å²) in [5.74, 6) is -1.37. The van der Waals surface area contributed by atoms with E-state index in [1.165, 1.54) is 18.4 Å². The predicted octanol–water partition coefficient (Wildman–Crippen LogP) is 3.98. The van der Waals surface area contributed by atoms with Gasteiger partial charge in [0.1, 0.15) is 21.5 Å². The summed E-state index contributed by atoms with van der Waals surface area (Å²) < 4.78 is 55.2. The maximum atomic E-state index is 14.6. The second kappa shape index (κ2) is 8.44. The summed E-state index contributed by atoms with van der Waals surface area (Å²) in [7, 11) is -2.98. The molecule has 1 fully saturated rings. The molecule has 1 aromatic carbocycles. The molecule has 2 aliphatic heterocycles. The fourth-order valence-corrected chi connectivity index (χ4v) is 6.37. The number of benzene rings is 1. The first-order valence-corrected chi connectivity index (χ1v) is 13.2. The number of hydrogen-bond donors (Lipinski definition) is 1. The topological polar surface area (TPSA) is 58.1 Å². The van der Waals surface area contributed by atoms with Gasteiger partial charge in [0.2, 0.25) is 0 Å². The van der Waals surface area contributed by atoms with Gasteiger partial charge >= 0.3 is 0 Å². The molecule has 1 aromatic heterocycles. The van der Waals surface area contributed by atoms with E-state index in [0.29, 0.717) is 30.6 Å². The van der Waals surface area contributed by atoms with Gasteiger partial charge in [-0.15, -0.1) is 0 Å². The Morgan fingerprint density at radius 1 is 1.27 bits per heavy atom. The molecule has 0 aliphatic carbocycles. The summed E-state index contributed by atoms with van der Waals surface area (Å²) in [6.07, 6.45) is 3.90. The first-order valence-electron chi connectivity index (χ1n) is 10.00. The Morgan fingerprint density at radius 2 is 1.97 bits per heavy atom. The molecule has 5 nitrogen and oxygen atoms in total. The van der Waals surface area contributed by atoms with E-state index in [-0.39, 0.29) is 21.2 Å². The number of H-pyrrole nitrogens is 1. The molecule has 0 spiro atoms. The zero-order chi connectivity index (χ0) is 21.6. The normalized spacial score (nSPS) is 20.6. The fraction of sp³-hybridized carbons (Fsp3) is 0.550. The molecular formula is C20H24BrF2N3O2S2. The number of hydrogen-bond acceptors (Lipinski definition) is 4. The summed E-state index contributed by atoms with van der Waals surface area (Å²) in [5, 5.41) is -0.242. The Bertz CT molecular complexity index is 1120. The van der Waals surface area contributed by atoms with E-state index in [4.69, 9.17) is 12.2 Å². The SMILES string of the molecule is CS(=O)(=O)C1CCN(CCc2[nH]c(=S)n3c2CC(c2c(F)ccc(Br)c2F)C3)CC1. The molecule has 2 aromatic rings. The van der Waals surface area contributed by atoms with E-state index >= 15 is 0 Å². The third-order valence-corrected chi connectivity index (χ3v) is 8.94. The van der Waals surface area contributed by atoms with Crippen LogP contribution in [-0.4, -0.2) is 54.0 Å². The summed E-state index contributed by atoms with van der Waals surface area (Å²) >= 11 is 8.60. The zero-order valence-corrected chi connectivity index (χ0v) is 19.8. The van der Waals surface area contributed by atoms with Crippen LogP contribution in [0.4, 0.5) is 8.78 Å². The molecule has 164 valence electrons. The van der Waals surface area contributed by atoms with Crippen LogP contribution in [0.3, 0.4) is 0 Å². The van der Waals surface area contributed by atoms with Crippen molar-refractivity contribution in [1.29, 1.82) is 0 Å². The lowest BCUT2D eigenvalue weighted by molar-refractivity contribution is 0.232. The van der Waals surface area contributed by atoms with E-state index in [9.17, 15) is 17.2 Å². The molecule has 0 bridgehead atoms. The van der Waals surface area contributed by atoms with E-state index in [2.05, 4.69) is 25.8 Å². The van der Waals surface area contributed by atoms with Gasteiger partial charge in [-0.3, -0.25) is 0 Å². The first-order chi connectivity index (χ1) is 14.1. The first kappa shape index (κ1) is 22.1. The lowest BCUT2D eigenvalue weighted by Gasteiger charge is -2.30. The molecule has 1 unspecified atom stereocenters. The maximum Gasteiger partial charge on any atom is 0.177 e. The third-order valence-electron chi connectivity index (χ3n) is 6.33. The molecule has 3 heterocycles. The largest absolute Gasteiger partial charge is 0.334 e. The van der Waals surface area contributed by atoms with Crippen LogP contribution in [-0.2, 0) is 29.2 Å². The molecule has 0 amide bonds. The maximum absolute atomic E-state index is 14.6. The highest BCUT2D eigenvalue weighted by Gasteiger charge is 2.32. The number of nitrogens with zero attached hydrogens (tertiary/aromatic N) is 2. The Kier molecular flexibility index (Phi) is 6.22. The molecule has 1 atom stereocenters. The lowest BCUT2D eigenvalue weighted by Crippen LogP contribution is -2.39. The van der Waals surface area contributed by atoms with Gasteiger partial charge in [-0.25, -0.2) is 17.2 Å². The van der Waals surface area contributed by atoms with Gasteiger partial charge in [0.15, 0.2) is 4.77 Å². The number of nitrogens with one attached hydrogen (secondary N) is 1. The highest BCUT2D eigenvalue weighted by molar-refractivity contribution is 9.10. The van der Waals surface area contributed by atoms with Crippen molar-refractivity contribution in [2.45, 2.75) is 43.4 Å².